The summed E-state index contributed by atoms with van der Waals surface area (Å²) in [4.78, 5) is 15.9. The fourth-order valence-electron chi connectivity index (χ4n) is 4.07. The van der Waals surface area contributed by atoms with E-state index in [2.05, 4.69) is 50.6 Å². The van der Waals surface area contributed by atoms with Crippen molar-refractivity contribution in [3.8, 4) is 5.75 Å². The van der Waals surface area contributed by atoms with Crippen molar-refractivity contribution in [1.82, 2.24) is 9.30 Å². The Kier molecular flexibility index (Phi) is 10.0. The molecule has 0 radical (unpaired) electrons. The van der Waals surface area contributed by atoms with Gasteiger partial charge in [-0.2, -0.15) is 0 Å². The molecule has 2 aromatic heterocycles. The molecule has 0 aliphatic rings. The standard InChI is InChI=1S/C27H34Br2N2O2/c1-4-6-12-30(13-7-5-2)14-10-16-33-27-23(28)18-21(19-24(27)29)26(32)25-20(3)17-22-11-8-9-15-31(22)25/h8-9,11,15,17-19H,4-7,10,12-14,16H2,1-3H3. The smallest absolute Gasteiger partial charge is 0.210 e. The van der Waals surface area contributed by atoms with Crippen LogP contribution in [0.3, 0.4) is 0 Å². The number of hydrogen-bond acceptors (Lipinski definition) is 3. The second kappa shape index (κ2) is 12.7. The summed E-state index contributed by atoms with van der Waals surface area (Å²) in [7, 11) is 0. The molecule has 3 aromatic rings. The van der Waals surface area contributed by atoms with E-state index in [1.807, 2.05) is 53.9 Å². The van der Waals surface area contributed by atoms with Gasteiger partial charge in [0.05, 0.1) is 21.2 Å². The Morgan fingerprint density at radius 3 is 2.24 bits per heavy atom. The van der Waals surface area contributed by atoms with Crippen molar-refractivity contribution in [2.24, 2.45) is 0 Å². The Morgan fingerprint density at radius 1 is 0.970 bits per heavy atom. The zero-order valence-electron chi connectivity index (χ0n) is 19.9. The van der Waals surface area contributed by atoms with E-state index in [1.54, 1.807) is 0 Å². The number of rotatable bonds is 13. The van der Waals surface area contributed by atoms with Crippen LogP contribution in [0.1, 0.15) is 67.6 Å². The minimum absolute atomic E-state index is 0.00543. The predicted molar refractivity (Wildman–Crippen MR) is 144 cm³/mol. The van der Waals surface area contributed by atoms with Gasteiger partial charge in [0.1, 0.15) is 5.75 Å². The summed E-state index contributed by atoms with van der Waals surface area (Å²) < 4.78 is 9.63. The Labute approximate surface area is 214 Å². The first-order valence-corrected chi connectivity index (χ1v) is 13.5. The van der Waals surface area contributed by atoms with E-state index < -0.39 is 0 Å². The van der Waals surface area contributed by atoms with Crippen LogP contribution in [0.2, 0.25) is 0 Å². The normalized spacial score (nSPS) is 11.5. The Hall–Kier alpha value is -1.63. The number of pyridine rings is 1. The summed E-state index contributed by atoms with van der Waals surface area (Å²) in [6, 6.07) is 11.7. The first kappa shape index (κ1) is 26.0. The van der Waals surface area contributed by atoms with Crippen LogP contribution in [0, 0.1) is 6.92 Å². The number of halogens is 2. The maximum Gasteiger partial charge on any atom is 0.210 e. The summed E-state index contributed by atoms with van der Waals surface area (Å²) in [6.45, 7) is 10.5. The van der Waals surface area contributed by atoms with Crippen LogP contribution in [-0.2, 0) is 0 Å². The summed E-state index contributed by atoms with van der Waals surface area (Å²) in [5.74, 6) is 0.742. The molecule has 0 atom stereocenters. The molecule has 0 fully saturated rings. The molecule has 0 spiro atoms. The largest absolute Gasteiger partial charge is 0.491 e. The van der Waals surface area contributed by atoms with Gasteiger partial charge < -0.3 is 14.0 Å². The molecule has 0 aliphatic carbocycles. The highest BCUT2D eigenvalue weighted by Crippen LogP contribution is 2.36. The molecule has 0 saturated heterocycles. The minimum atomic E-state index is -0.00543. The number of carbonyl (C=O) groups is 1. The quantitative estimate of drug-likeness (QED) is 0.154. The fraction of sp³-hybridized carbons (Fsp3) is 0.444. The number of benzene rings is 1. The number of fused-ring (bicyclic) bond motifs is 1. The summed E-state index contributed by atoms with van der Waals surface area (Å²) >= 11 is 7.25. The zero-order chi connectivity index (χ0) is 23.8. The molecular weight excluding hydrogens is 544 g/mol. The van der Waals surface area contributed by atoms with Crippen molar-refractivity contribution in [2.45, 2.75) is 52.9 Å². The maximum atomic E-state index is 13.4. The summed E-state index contributed by atoms with van der Waals surface area (Å²) in [6.07, 6.45) is 7.84. The number of carbonyl (C=O) groups excluding carboxylic acids is 1. The molecular formula is C27H34Br2N2O2. The lowest BCUT2D eigenvalue weighted by molar-refractivity contribution is 0.103. The average molecular weight is 578 g/mol. The lowest BCUT2D eigenvalue weighted by Crippen LogP contribution is -2.28. The van der Waals surface area contributed by atoms with Gasteiger partial charge in [-0.15, -0.1) is 0 Å². The van der Waals surface area contributed by atoms with E-state index >= 15 is 0 Å². The van der Waals surface area contributed by atoms with Gasteiger partial charge in [0.15, 0.2) is 0 Å². The van der Waals surface area contributed by atoms with Gasteiger partial charge in [-0.3, -0.25) is 4.79 Å². The van der Waals surface area contributed by atoms with Crippen LogP contribution in [0.5, 0.6) is 5.75 Å². The van der Waals surface area contributed by atoms with Crippen LogP contribution < -0.4 is 4.74 Å². The van der Waals surface area contributed by atoms with Crippen molar-refractivity contribution in [3.63, 3.8) is 0 Å². The molecule has 0 saturated carbocycles. The highest BCUT2D eigenvalue weighted by atomic mass is 79.9. The van der Waals surface area contributed by atoms with Gasteiger partial charge in [-0.05, 0) is 107 Å². The highest BCUT2D eigenvalue weighted by molar-refractivity contribution is 9.11. The van der Waals surface area contributed by atoms with Crippen LogP contribution >= 0.6 is 31.9 Å². The second-order valence-electron chi connectivity index (χ2n) is 8.52. The molecule has 6 heteroatoms. The number of ether oxygens (including phenoxy) is 1. The van der Waals surface area contributed by atoms with E-state index in [9.17, 15) is 4.79 Å². The number of hydrogen-bond donors (Lipinski definition) is 0. The third-order valence-electron chi connectivity index (χ3n) is 5.87. The number of ketones is 1. The van der Waals surface area contributed by atoms with Crippen molar-refractivity contribution in [2.75, 3.05) is 26.2 Å². The molecule has 33 heavy (non-hydrogen) atoms. The Bertz CT molecular complexity index is 1050. The Morgan fingerprint density at radius 2 is 1.61 bits per heavy atom. The monoisotopic (exact) mass is 576 g/mol. The van der Waals surface area contributed by atoms with Crippen molar-refractivity contribution in [1.29, 1.82) is 0 Å². The number of unbranched alkanes of at least 4 members (excludes halogenated alkanes) is 2. The highest BCUT2D eigenvalue weighted by Gasteiger charge is 2.20. The third kappa shape index (κ3) is 6.71. The molecule has 1 aromatic carbocycles. The van der Waals surface area contributed by atoms with Gasteiger partial charge in [-0.1, -0.05) is 32.8 Å². The molecule has 0 aliphatic heterocycles. The SMILES string of the molecule is CCCCN(CCCC)CCCOc1c(Br)cc(C(=O)c2c(C)cc3ccccn23)cc1Br. The molecule has 0 N–H and O–H groups in total. The number of nitrogens with zero attached hydrogens (tertiary/aromatic N) is 2. The number of aryl methyl sites for hydroxylation is 1. The topological polar surface area (TPSA) is 34.0 Å². The van der Waals surface area contributed by atoms with Crippen LogP contribution in [0.4, 0.5) is 0 Å². The molecule has 4 nitrogen and oxygen atoms in total. The molecule has 2 heterocycles. The van der Waals surface area contributed by atoms with E-state index in [1.165, 1.54) is 25.7 Å². The predicted octanol–water partition coefficient (Wildman–Crippen LogP) is 7.67. The zero-order valence-corrected chi connectivity index (χ0v) is 23.0. The van der Waals surface area contributed by atoms with Gasteiger partial charge in [-0.25, -0.2) is 0 Å². The van der Waals surface area contributed by atoms with Crippen LogP contribution in [-0.4, -0.2) is 41.3 Å². The molecule has 178 valence electrons. The lowest BCUT2D eigenvalue weighted by Gasteiger charge is -2.22. The molecule has 0 bridgehead atoms. The molecule has 0 unspecified atom stereocenters. The van der Waals surface area contributed by atoms with Gasteiger partial charge in [0.25, 0.3) is 0 Å². The van der Waals surface area contributed by atoms with Crippen molar-refractivity contribution < 1.29 is 9.53 Å². The van der Waals surface area contributed by atoms with E-state index in [0.717, 1.165) is 51.8 Å². The summed E-state index contributed by atoms with van der Waals surface area (Å²) in [5, 5.41) is 0. The van der Waals surface area contributed by atoms with E-state index in [-0.39, 0.29) is 5.78 Å². The van der Waals surface area contributed by atoms with Crippen LogP contribution in [0.15, 0.2) is 51.5 Å². The fourth-order valence-corrected chi connectivity index (χ4v) is 5.49. The first-order chi connectivity index (χ1) is 16.0. The maximum absolute atomic E-state index is 13.4. The van der Waals surface area contributed by atoms with Gasteiger partial charge in [0, 0.05) is 23.8 Å². The molecule has 3 rings (SSSR count). The van der Waals surface area contributed by atoms with Gasteiger partial charge in [0.2, 0.25) is 5.78 Å². The van der Waals surface area contributed by atoms with Gasteiger partial charge >= 0.3 is 0 Å². The van der Waals surface area contributed by atoms with E-state index in [0.29, 0.717) is 17.9 Å². The Balaban J connectivity index is 1.66. The summed E-state index contributed by atoms with van der Waals surface area (Å²) in [5.41, 5.74) is 3.30. The first-order valence-electron chi connectivity index (χ1n) is 11.9. The number of aromatic nitrogens is 1. The second-order valence-corrected chi connectivity index (χ2v) is 10.2. The lowest BCUT2D eigenvalue weighted by atomic mass is 10.1. The van der Waals surface area contributed by atoms with Crippen molar-refractivity contribution >= 4 is 43.2 Å². The minimum Gasteiger partial charge on any atom is -0.491 e. The van der Waals surface area contributed by atoms with Crippen LogP contribution in [0.25, 0.3) is 5.52 Å². The third-order valence-corrected chi connectivity index (χ3v) is 7.04. The average Bonchev–Trinajstić information content (AvgIpc) is 3.14. The van der Waals surface area contributed by atoms with E-state index in [4.69, 9.17) is 4.74 Å². The molecule has 0 amide bonds. The van der Waals surface area contributed by atoms with Crippen molar-refractivity contribution in [3.05, 3.63) is 68.4 Å².